The molecule has 0 aliphatic carbocycles. The van der Waals surface area contributed by atoms with E-state index >= 15 is 0 Å². The number of nitrogens with zero attached hydrogens (tertiary/aromatic N) is 8. The standard InChI is InChI=1S/C110H92N8.2Zn/c1-58-46-65(8)97(66(9)47-58)105-85-34-30-81(111-85)103(82-31-35-86(112-82)106(98-67(10)48-59(2)49-68(98)11)90-39-43-94(116-90)109(93-42-38-89(105)115-93)101-73(16)54-62(5)55-74(101)17)79-24-22-77(23-25-79)21-20-64(7)78-26-28-80(29-27-78)104-83-32-36-87(113-83)107(99-69(12)50-60(3)51-70(99)13)91-40-44-95(117-91)110(102-75(18)56-63(6)57-76(102)19)96-45-41-92(118-96)108(88-37-33-84(104)114-88)100-71(14)52-61(4)53-72(100)15;;/h22-57H,7H2,1-6,8-19H3;;/q-4;2*+2. The minimum Gasteiger partial charge on any atom is -0.657 e. The van der Waals surface area contributed by atoms with Crippen molar-refractivity contribution in [3.05, 3.63) is 333 Å². The first-order valence-electron chi connectivity index (χ1n) is 40.8. The molecule has 8 nitrogen and oxygen atoms in total. The summed E-state index contributed by atoms with van der Waals surface area (Å²) in [7, 11) is 0. The molecule has 4 aliphatic heterocycles. The Kier molecular flexibility index (Phi) is 21.7. The summed E-state index contributed by atoms with van der Waals surface area (Å²) in [6.45, 7) is 44.0. The first kappa shape index (κ1) is 81.3. The van der Waals surface area contributed by atoms with E-state index in [1.54, 1.807) is 0 Å². The van der Waals surface area contributed by atoms with Crippen molar-refractivity contribution in [1.82, 2.24) is 39.9 Å². The van der Waals surface area contributed by atoms with Gasteiger partial charge < -0.3 is 19.9 Å². The molecule has 14 aromatic rings. The third-order valence-electron chi connectivity index (χ3n) is 23.8. The Labute approximate surface area is 730 Å². The molecule has 10 heteroatoms. The predicted octanol–water partition coefficient (Wildman–Crippen LogP) is 27.1. The van der Waals surface area contributed by atoms with Crippen LogP contribution >= 0.6 is 0 Å². The Morgan fingerprint density at radius 1 is 0.225 bits per heavy atom. The van der Waals surface area contributed by atoms with E-state index in [0.29, 0.717) is 5.57 Å². The zero-order chi connectivity index (χ0) is 82.1. The van der Waals surface area contributed by atoms with Gasteiger partial charge in [0, 0.05) is 11.1 Å². The number of aromatic nitrogens is 8. The van der Waals surface area contributed by atoms with Crippen molar-refractivity contribution in [3.63, 3.8) is 0 Å². The fourth-order valence-corrected chi connectivity index (χ4v) is 19.5. The Morgan fingerprint density at radius 3 is 0.600 bits per heavy atom. The molecule has 0 fully saturated rings. The first-order valence-corrected chi connectivity index (χ1v) is 40.8. The van der Waals surface area contributed by atoms with E-state index < -0.39 is 0 Å². The van der Waals surface area contributed by atoms with E-state index in [4.69, 9.17) is 39.9 Å². The molecule has 0 N–H and O–H groups in total. The molecular weight excluding hydrogens is 1560 g/mol. The van der Waals surface area contributed by atoms with Crippen molar-refractivity contribution in [1.29, 1.82) is 0 Å². The third-order valence-corrected chi connectivity index (χ3v) is 23.8. The summed E-state index contributed by atoms with van der Waals surface area (Å²) in [5.41, 5.74) is 53.0. The first-order chi connectivity index (χ1) is 56.7. The topological polar surface area (TPSA) is 108 Å². The van der Waals surface area contributed by atoms with Gasteiger partial charge in [-0.25, -0.2) is 19.9 Å². The van der Waals surface area contributed by atoms with Crippen LogP contribution in [0.25, 0.3) is 187 Å². The molecule has 0 saturated carbocycles. The number of allylic oxidation sites excluding steroid dienone is 1. The summed E-state index contributed by atoms with van der Waals surface area (Å²) in [6.07, 6.45) is 17.3. The maximum Gasteiger partial charge on any atom is 2.00 e. The molecule has 576 valence electrons. The Hall–Kier alpha value is -12.5. The van der Waals surface area contributed by atoms with Gasteiger partial charge in [-0.15, -0.1) is 44.1 Å². The molecule has 16 bridgehead atoms. The van der Waals surface area contributed by atoms with Crippen LogP contribution in [0.4, 0.5) is 0 Å². The van der Waals surface area contributed by atoms with Crippen molar-refractivity contribution < 1.29 is 39.0 Å². The molecule has 10 heterocycles. The summed E-state index contributed by atoms with van der Waals surface area (Å²) in [5, 5.41) is 0. The van der Waals surface area contributed by atoms with Crippen LogP contribution in [0.3, 0.4) is 0 Å². The average molecular weight is 1660 g/mol. The number of benzene rings is 8. The average Bonchev–Trinajstić information content (AvgIpc) is 1.60. The summed E-state index contributed by atoms with van der Waals surface area (Å²) in [4.78, 5) is 45.5. The smallest absolute Gasteiger partial charge is 0.657 e. The van der Waals surface area contributed by atoms with Crippen LogP contribution < -0.4 is 19.9 Å². The van der Waals surface area contributed by atoms with Gasteiger partial charge in [0.2, 0.25) is 0 Å². The second-order valence-corrected chi connectivity index (χ2v) is 33.3. The quantitative estimate of drug-likeness (QED) is 0.104. The van der Waals surface area contributed by atoms with Gasteiger partial charge in [0.1, 0.15) is 0 Å². The van der Waals surface area contributed by atoms with Crippen molar-refractivity contribution in [2.75, 3.05) is 0 Å². The molecule has 4 aliphatic rings. The molecule has 0 amide bonds. The monoisotopic (exact) mass is 1650 g/mol. The normalized spacial score (nSPS) is 11.9. The van der Waals surface area contributed by atoms with Gasteiger partial charge in [-0.3, -0.25) is 0 Å². The minimum atomic E-state index is 0. The van der Waals surface area contributed by atoms with Crippen LogP contribution in [0.2, 0.25) is 0 Å². The van der Waals surface area contributed by atoms with E-state index in [9.17, 15) is 0 Å². The number of rotatable bonds is 9. The van der Waals surface area contributed by atoms with E-state index in [2.05, 4.69) is 362 Å². The van der Waals surface area contributed by atoms with Gasteiger partial charge in [0.15, 0.2) is 0 Å². The van der Waals surface area contributed by atoms with Crippen LogP contribution in [0.15, 0.2) is 176 Å². The Balaban J connectivity index is 0.00000536. The van der Waals surface area contributed by atoms with Crippen LogP contribution in [0, 0.1) is 136 Å². The number of fused-ring (bicyclic) bond motifs is 16. The number of aryl methyl sites for hydroxylation is 18. The van der Waals surface area contributed by atoms with E-state index in [1.807, 2.05) is 0 Å². The van der Waals surface area contributed by atoms with E-state index in [1.165, 1.54) is 55.6 Å². The zero-order valence-electron chi connectivity index (χ0n) is 72.0. The van der Waals surface area contributed by atoms with Crippen molar-refractivity contribution in [2.24, 2.45) is 0 Å². The van der Waals surface area contributed by atoms with Crippen molar-refractivity contribution >= 4 is 98.3 Å². The van der Waals surface area contributed by atoms with Crippen LogP contribution in [-0.4, -0.2) is 19.9 Å². The molecule has 0 radical (unpaired) electrons. The predicted molar refractivity (Wildman–Crippen MR) is 498 cm³/mol. The maximum absolute atomic E-state index is 5.70. The third kappa shape index (κ3) is 14.6. The van der Waals surface area contributed by atoms with Gasteiger partial charge in [-0.05, 0) is 347 Å². The van der Waals surface area contributed by atoms with Crippen LogP contribution in [0.5, 0.6) is 0 Å². The second kappa shape index (κ2) is 32.0. The molecule has 0 unspecified atom stereocenters. The van der Waals surface area contributed by atoms with Gasteiger partial charge in [0.25, 0.3) is 0 Å². The SMILES string of the molecule is C=C(C#Cc1ccc(-c2c3nc(c(-c4c(C)cc(C)cc4C)c4ccc([n-]4)c(-c4c(C)cc(C)cc4C)c4nc(c(-c5c(C)cc(C)cc5C)c5ccc2[n-]5)C=C4)C=C3)cc1)c1ccc(-c2c3nc(c(-c4c(C)cc(C)cc4C)c4ccc([n-]4)c(-c4c(C)cc(C)cc4C)c4nc(c(-c5c(C)cc(C)cc5C)c5ccc2[n-]5)C=C4)C=C3)cc1.[Zn+2].[Zn+2]. The van der Waals surface area contributed by atoms with E-state index in [-0.39, 0.29) is 39.0 Å². The second-order valence-electron chi connectivity index (χ2n) is 33.3. The van der Waals surface area contributed by atoms with Crippen LogP contribution in [-0.2, 0) is 39.0 Å². The maximum atomic E-state index is 5.70. The summed E-state index contributed by atoms with van der Waals surface area (Å²) in [6, 6.07) is 61.5. The van der Waals surface area contributed by atoms with Crippen molar-refractivity contribution in [2.45, 2.75) is 125 Å². The fourth-order valence-electron chi connectivity index (χ4n) is 19.5. The minimum absolute atomic E-state index is 0. The zero-order valence-corrected chi connectivity index (χ0v) is 77.9. The molecule has 0 spiro atoms. The Morgan fingerprint density at radius 2 is 0.400 bits per heavy atom. The Bertz CT molecular complexity index is 7070. The molecule has 0 atom stereocenters. The molecule has 6 aromatic heterocycles. The molecule has 0 saturated heterocycles. The van der Waals surface area contributed by atoms with Gasteiger partial charge in [0.05, 0.1) is 45.6 Å². The number of hydrogen-bond acceptors (Lipinski definition) is 4. The van der Waals surface area contributed by atoms with Gasteiger partial charge >= 0.3 is 39.0 Å². The molecule has 120 heavy (non-hydrogen) atoms. The molecular formula is C110H92N8Zn2. The van der Waals surface area contributed by atoms with Crippen molar-refractivity contribution in [3.8, 4) is 101 Å². The molecule has 8 aromatic carbocycles. The molecule has 18 rings (SSSR count). The fraction of sp³-hybridized carbons (Fsp3) is 0.164. The summed E-state index contributed by atoms with van der Waals surface area (Å²) >= 11 is 0. The number of hydrogen-bond donors (Lipinski definition) is 0. The van der Waals surface area contributed by atoms with Gasteiger partial charge in [-0.1, -0.05) is 210 Å². The summed E-state index contributed by atoms with van der Waals surface area (Å²) in [5.74, 6) is 6.99. The van der Waals surface area contributed by atoms with E-state index in [0.717, 1.165) is 234 Å². The largest absolute Gasteiger partial charge is 2.00 e. The van der Waals surface area contributed by atoms with Crippen LogP contribution in [0.1, 0.15) is 157 Å². The van der Waals surface area contributed by atoms with Gasteiger partial charge in [-0.2, -0.15) is 0 Å². The summed E-state index contributed by atoms with van der Waals surface area (Å²) < 4.78 is 0.